The molecule has 3 aromatic rings. The monoisotopic (exact) mass is 485 g/mol. The van der Waals surface area contributed by atoms with E-state index >= 15 is 0 Å². The average Bonchev–Trinajstić information content (AvgIpc) is 3.26. The molecule has 7 nitrogen and oxygen atoms in total. The van der Waals surface area contributed by atoms with E-state index in [0.29, 0.717) is 40.8 Å². The molecule has 0 aliphatic heterocycles. The summed E-state index contributed by atoms with van der Waals surface area (Å²) in [6.07, 6.45) is 6.33. The number of nitrogens with zero attached hydrogens (tertiary/aromatic N) is 3. The standard InChI is InChI=1S/C24H25Cl2N5O2/c1-2-24(33)31(18-4-3-9-27-14-18)22-13-21(29-30-22)16-11-17(12-16)28-23(32)8-6-15-5-7-19(25)20(26)10-15/h3-5,7,9-10,13-14,16-17H,2,6,8,11-12H2,1H3,(H,28,32)(H,29,30). The number of hydrogen-bond acceptors (Lipinski definition) is 4. The van der Waals surface area contributed by atoms with Crippen molar-refractivity contribution < 1.29 is 9.59 Å². The Morgan fingerprint density at radius 2 is 2.00 bits per heavy atom. The van der Waals surface area contributed by atoms with Crippen molar-refractivity contribution in [2.45, 2.75) is 51.0 Å². The van der Waals surface area contributed by atoms with E-state index in [1.165, 1.54) is 0 Å². The number of aromatic nitrogens is 3. The summed E-state index contributed by atoms with van der Waals surface area (Å²) < 4.78 is 0. The molecule has 172 valence electrons. The molecule has 2 amide bonds. The van der Waals surface area contributed by atoms with Crippen molar-refractivity contribution in [1.82, 2.24) is 20.5 Å². The largest absolute Gasteiger partial charge is 0.353 e. The molecule has 2 heterocycles. The van der Waals surface area contributed by atoms with Crippen molar-refractivity contribution in [3.8, 4) is 0 Å². The zero-order valence-electron chi connectivity index (χ0n) is 18.2. The molecule has 0 unspecified atom stereocenters. The van der Waals surface area contributed by atoms with Crippen LogP contribution in [-0.2, 0) is 16.0 Å². The van der Waals surface area contributed by atoms with Crippen LogP contribution < -0.4 is 10.2 Å². The molecule has 1 aromatic carbocycles. The van der Waals surface area contributed by atoms with Gasteiger partial charge in [0.25, 0.3) is 0 Å². The number of pyridine rings is 1. The van der Waals surface area contributed by atoms with Crippen molar-refractivity contribution >= 4 is 46.5 Å². The molecule has 1 fully saturated rings. The van der Waals surface area contributed by atoms with Crippen LogP contribution in [-0.4, -0.2) is 33.0 Å². The number of nitrogens with one attached hydrogen (secondary N) is 2. The third kappa shape index (κ3) is 5.54. The lowest BCUT2D eigenvalue weighted by atomic mass is 9.78. The SMILES string of the molecule is CCC(=O)N(c1cccnc1)c1cc(C2CC(NC(=O)CCc3ccc(Cl)c(Cl)c3)C2)[nH]n1. The first-order valence-corrected chi connectivity index (χ1v) is 11.7. The summed E-state index contributed by atoms with van der Waals surface area (Å²) in [4.78, 5) is 30.6. The Balaban J connectivity index is 1.30. The molecular weight excluding hydrogens is 461 g/mol. The number of carbonyl (C=O) groups excluding carboxylic acids is 2. The highest BCUT2D eigenvalue weighted by Crippen LogP contribution is 2.38. The van der Waals surface area contributed by atoms with Gasteiger partial charge in [0.1, 0.15) is 0 Å². The topological polar surface area (TPSA) is 91.0 Å². The van der Waals surface area contributed by atoms with E-state index in [-0.39, 0.29) is 23.8 Å². The van der Waals surface area contributed by atoms with Gasteiger partial charge in [-0.1, -0.05) is 36.2 Å². The number of halogens is 2. The lowest BCUT2D eigenvalue weighted by molar-refractivity contribution is -0.122. The predicted molar refractivity (Wildman–Crippen MR) is 129 cm³/mol. The van der Waals surface area contributed by atoms with Gasteiger partial charge in [-0.3, -0.25) is 24.6 Å². The maximum Gasteiger partial charge on any atom is 0.232 e. The molecule has 0 spiro atoms. The lowest BCUT2D eigenvalue weighted by Crippen LogP contribution is -2.43. The highest BCUT2D eigenvalue weighted by atomic mass is 35.5. The van der Waals surface area contributed by atoms with E-state index in [1.807, 2.05) is 25.1 Å². The van der Waals surface area contributed by atoms with Crippen LogP contribution in [0.3, 0.4) is 0 Å². The van der Waals surface area contributed by atoms with E-state index in [9.17, 15) is 9.59 Å². The highest BCUT2D eigenvalue weighted by Gasteiger charge is 2.33. The number of rotatable bonds is 8. The Hall–Kier alpha value is -2.90. The number of aromatic amines is 1. The van der Waals surface area contributed by atoms with Crippen molar-refractivity contribution in [3.63, 3.8) is 0 Å². The van der Waals surface area contributed by atoms with Crippen LogP contribution in [0.2, 0.25) is 10.0 Å². The van der Waals surface area contributed by atoms with Gasteiger partial charge in [0, 0.05) is 42.8 Å². The maximum absolute atomic E-state index is 12.5. The minimum atomic E-state index is -0.0539. The molecule has 0 bridgehead atoms. The molecule has 0 saturated heterocycles. The molecule has 33 heavy (non-hydrogen) atoms. The molecule has 2 aromatic heterocycles. The van der Waals surface area contributed by atoms with Crippen LogP contribution in [0, 0.1) is 0 Å². The zero-order valence-corrected chi connectivity index (χ0v) is 19.7. The fourth-order valence-electron chi connectivity index (χ4n) is 3.94. The fraction of sp³-hybridized carbons (Fsp3) is 0.333. The molecule has 9 heteroatoms. The number of amides is 2. The summed E-state index contributed by atoms with van der Waals surface area (Å²) in [7, 11) is 0. The minimum absolute atomic E-state index is 0.0196. The van der Waals surface area contributed by atoms with Crippen LogP contribution in [0.25, 0.3) is 0 Å². The first kappa shape index (κ1) is 23.3. The summed E-state index contributed by atoms with van der Waals surface area (Å²) in [5, 5.41) is 11.5. The van der Waals surface area contributed by atoms with E-state index in [2.05, 4.69) is 20.5 Å². The van der Waals surface area contributed by atoms with Gasteiger partial charge >= 0.3 is 0 Å². The van der Waals surface area contributed by atoms with E-state index < -0.39 is 0 Å². The van der Waals surface area contributed by atoms with Crippen LogP contribution in [0.15, 0.2) is 48.8 Å². The van der Waals surface area contributed by atoms with Crippen molar-refractivity contribution in [1.29, 1.82) is 0 Å². The van der Waals surface area contributed by atoms with Gasteiger partial charge in [0.15, 0.2) is 5.82 Å². The molecule has 0 radical (unpaired) electrons. The van der Waals surface area contributed by atoms with E-state index in [1.54, 1.807) is 35.5 Å². The first-order chi connectivity index (χ1) is 15.9. The quantitative estimate of drug-likeness (QED) is 0.459. The number of aryl methyl sites for hydroxylation is 1. The minimum Gasteiger partial charge on any atom is -0.353 e. The van der Waals surface area contributed by atoms with Crippen LogP contribution in [0.4, 0.5) is 11.5 Å². The van der Waals surface area contributed by atoms with Gasteiger partial charge in [-0.05, 0) is 49.1 Å². The Bertz CT molecular complexity index is 1130. The van der Waals surface area contributed by atoms with Crippen molar-refractivity contribution in [3.05, 3.63) is 70.1 Å². The summed E-state index contributed by atoms with van der Waals surface area (Å²) in [6, 6.07) is 11.1. The molecule has 4 rings (SSSR count). The third-order valence-electron chi connectivity index (χ3n) is 5.84. The summed E-state index contributed by atoms with van der Waals surface area (Å²) in [6.45, 7) is 1.82. The molecule has 1 aliphatic carbocycles. The maximum atomic E-state index is 12.5. The smallest absolute Gasteiger partial charge is 0.232 e. The van der Waals surface area contributed by atoms with Gasteiger partial charge in [-0.15, -0.1) is 0 Å². The number of H-pyrrole nitrogens is 1. The number of anilines is 2. The van der Waals surface area contributed by atoms with Crippen LogP contribution in [0.5, 0.6) is 0 Å². The number of hydrogen-bond donors (Lipinski definition) is 2. The Morgan fingerprint density at radius 1 is 1.18 bits per heavy atom. The highest BCUT2D eigenvalue weighted by molar-refractivity contribution is 6.42. The normalized spacial score (nSPS) is 17.3. The Labute approximate surface area is 202 Å². The fourth-order valence-corrected chi connectivity index (χ4v) is 4.26. The van der Waals surface area contributed by atoms with Crippen LogP contribution in [0.1, 0.15) is 49.8 Å². The molecule has 1 aliphatic rings. The third-order valence-corrected chi connectivity index (χ3v) is 6.58. The van der Waals surface area contributed by atoms with Gasteiger partial charge in [0.2, 0.25) is 11.8 Å². The Kier molecular flexibility index (Phi) is 7.30. The lowest BCUT2D eigenvalue weighted by Gasteiger charge is -2.35. The zero-order chi connectivity index (χ0) is 23.4. The molecular formula is C24H25Cl2N5O2. The Morgan fingerprint density at radius 3 is 2.70 bits per heavy atom. The van der Waals surface area contributed by atoms with Gasteiger partial charge < -0.3 is 5.32 Å². The second-order valence-electron chi connectivity index (χ2n) is 8.16. The van der Waals surface area contributed by atoms with E-state index in [0.717, 1.165) is 24.1 Å². The number of carbonyl (C=O) groups is 2. The van der Waals surface area contributed by atoms with Gasteiger partial charge in [-0.25, -0.2) is 0 Å². The second kappa shape index (κ2) is 10.4. The molecule has 0 atom stereocenters. The molecule has 2 N–H and O–H groups in total. The van der Waals surface area contributed by atoms with E-state index in [4.69, 9.17) is 23.2 Å². The van der Waals surface area contributed by atoms with Gasteiger partial charge in [0.05, 0.1) is 21.9 Å². The average molecular weight is 486 g/mol. The second-order valence-corrected chi connectivity index (χ2v) is 8.97. The van der Waals surface area contributed by atoms with Gasteiger partial charge in [-0.2, -0.15) is 5.10 Å². The predicted octanol–water partition coefficient (Wildman–Crippen LogP) is 5.18. The summed E-state index contributed by atoms with van der Waals surface area (Å²) in [5.74, 6) is 0.783. The van der Waals surface area contributed by atoms with Crippen molar-refractivity contribution in [2.24, 2.45) is 0 Å². The first-order valence-electron chi connectivity index (χ1n) is 11.0. The van der Waals surface area contributed by atoms with Crippen molar-refractivity contribution in [2.75, 3.05) is 4.90 Å². The summed E-state index contributed by atoms with van der Waals surface area (Å²) in [5.41, 5.74) is 2.63. The number of benzene rings is 1. The summed E-state index contributed by atoms with van der Waals surface area (Å²) >= 11 is 12.0. The molecule has 1 saturated carbocycles. The van der Waals surface area contributed by atoms with Crippen LogP contribution >= 0.6 is 23.2 Å².